The monoisotopic (exact) mass is 416 g/mol. The molecular formula is C23H24N6O2. The molecule has 0 aliphatic heterocycles. The molecule has 158 valence electrons. The molecule has 8 nitrogen and oxygen atoms in total. The van der Waals surface area contributed by atoms with E-state index in [1.807, 2.05) is 66.5 Å². The van der Waals surface area contributed by atoms with Gasteiger partial charge in [-0.3, -0.25) is 9.59 Å². The van der Waals surface area contributed by atoms with Gasteiger partial charge in [0.05, 0.1) is 12.1 Å². The lowest BCUT2D eigenvalue weighted by Crippen LogP contribution is -2.33. The van der Waals surface area contributed by atoms with E-state index in [1.54, 1.807) is 28.6 Å². The number of benzene rings is 2. The topological polar surface area (TPSA) is 85.0 Å². The average molecular weight is 416 g/mol. The summed E-state index contributed by atoms with van der Waals surface area (Å²) in [6.45, 7) is 2.30. The molecule has 0 atom stereocenters. The molecule has 0 aliphatic carbocycles. The van der Waals surface area contributed by atoms with Crippen molar-refractivity contribution in [3.63, 3.8) is 0 Å². The first kappa shape index (κ1) is 20.3. The van der Waals surface area contributed by atoms with Crippen LogP contribution in [0.25, 0.3) is 11.0 Å². The standard InChI is InChI=1S/C23H24N6O2/c1-3-22(30)24-18-8-10-19(11-9-18)28(15-17-12-13-27(2)14-17)23(31)16-29-21-7-5-4-6-20(21)25-26-29/h4-14H,3,15-16H2,1-2H3,(H,24,30). The second-order valence-corrected chi connectivity index (χ2v) is 7.35. The molecule has 4 aromatic rings. The fourth-order valence-corrected chi connectivity index (χ4v) is 3.38. The fraction of sp³-hybridized carbons (Fsp3) is 0.217. The van der Waals surface area contributed by atoms with Crippen LogP contribution in [-0.2, 0) is 29.7 Å². The van der Waals surface area contributed by atoms with E-state index in [2.05, 4.69) is 15.6 Å². The number of nitrogens with zero attached hydrogens (tertiary/aromatic N) is 5. The highest BCUT2D eigenvalue weighted by molar-refractivity contribution is 5.95. The summed E-state index contributed by atoms with van der Waals surface area (Å²) in [5.41, 5.74) is 4.02. The molecule has 0 bridgehead atoms. The molecule has 2 heterocycles. The first-order valence-electron chi connectivity index (χ1n) is 10.1. The van der Waals surface area contributed by atoms with Crippen molar-refractivity contribution >= 4 is 34.2 Å². The largest absolute Gasteiger partial charge is 0.357 e. The molecule has 4 rings (SSSR count). The maximum atomic E-state index is 13.3. The van der Waals surface area contributed by atoms with Crippen LogP contribution >= 0.6 is 0 Å². The predicted molar refractivity (Wildman–Crippen MR) is 119 cm³/mol. The quantitative estimate of drug-likeness (QED) is 0.501. The zero-order chi connectivity index (χ0) is 21.8. The van der Waals surface area contributed by atoms with E-state index in [0.29, 0.717) is 18.7 Å². The summed E-state index contributed by atoms with van der Waals surface area (Å²) in [5, 5.41) is 11.1. The van der Waals surface area contributed by atoms with Crippen LogP contribution in [-0.4, -0.2) is 31.4 Å². The summed E-state index contributed by atoms with van der Waals surface area (Å²) in [5.74, 6) is -0.159. The van der Waals surface area contributed by atoms with Gasteiger partial charge in [-0.25, -0.2) is 4.68 Å². The fourth-order valence-electron chi connectivity index (χ4n) is 3.38. The Bertz CT molecular complexity index is 1210. The SMILES string of the molecule is CCC(=O)Nc1ccc(N(Cc2ccn(C)c2)C(=O)Cn2nnc3ccccc32)cc1. The van der Waals surface area contributed by atoms with Crippen molar-refractivity contribution in [1.82, 2.24) is 19.6 Å². The highest BCUT2D eigenvalue weighted by Gasteiger charge is 2.19. The van der Waals surface area contributed by atoms with Crippen molar-refractivity contribution in [2.75, 3.05) is 10.2 Å². The molecular weight excluding hydrogens is 392 g/mol. The Morgan fingerprint density at radius 1 is 1.06 bits per heavy atom. The van der Waals surface area contributed by atoms with E-state index in [-0.39, 0.29) is 18.4 Å². The normalized spacial score (nSPS) is 10.9. The molecule has 2 aromatic heterocycles. The Balaban J connectivity index is 1.60. The Hall–Kier alpha value is -3.94. The maximum absolute atomic E-state index is 13.3. The second-order valence-electron chi connectivity index (χ2n) is 7.35. The number of anilines is 2. The van der Waals surface area contributed by atoms with E-state index in [0.717, 1.165) is 22.3 Å². The molecule has 0 radical (unpaired) electrons. The highest BCUT2D eigenvalue weighted by Crippen LogP contribution is 2.22. The van der Waals surface area contributed by atoms with E-state index in [1.165, 1.54) is 0 Å². The van der Waals surface area contributed by atoms with Crippen molar-refractivity contribution in [3.8, 4) is 0 Å². The van der Waals surface area contributed by atoms with Crippen molar-refractivity contribution in [2.24, 2.45) is 7.05 Å². The molecule has 0 saturated carbocycles. The zero-order valence-corrected chi connectivity index (χ0v) is 17.5. The molecule has 0 saturated heterocycles. The van der Waals surface area contributed by atoms with Crippen LogP contribution in [0.5, 0.6) is 0 Å². The van der Waals surface area contributed by atoms with Gasteiger partial charge in [-0.1, -0.05) is 24.3 Å². The van der Waals surface area contributed by atoms with Gasteiger partial charge in [0.1, 0.15) is 12.1 Å². The molecule has 0 unspecified atom stereocenters. The smallest absolute Gasteiger partial charge is 0.249 e. The number of fused-ring (bicyclic) bond motifs is 1. The van der Waals surface area contributed by atoms with Gasteiger partial charge in [-0.05, 0) is 48.0 Å². The second kappa shape index (κ2) is 8.83. The Morgan fingerprint density at radius 2 is 1.84 bits per heavy atom. The molecule has 8 heteroatoms. The highest BCUT2D eigenvalue weighted by atomic mass is 16.2. The summed E-state index contributed by atoms with van der Waals surface area (Å²) in [6, 6.07) is 16.8. The van der Waals surface area contributed by atoms with E-state index in [9.17, 15) is 9.59 Å². The van der Waals surface area contributed by atoms with Crippen LogP contribution < -0.4 is 10.2 Å². The third-order valence-electron chi connectivity index (χ3n) is 5.02. The van der Waals surface area contributed by atoms with Crippen molar-refractivity contribution in [3.05, 3.63) is 72.6 Å². The number of carbonyl (C=O) groups excluding carboxylic acids is 2. The van der Waals surface area contributed by atoms with Crippen LogP contribution in [0.4, 0.5) is 11.4 Å². The lowest BCUT2D eigenvalue weighted by Gasteiger charge is -2.23. The number of amides is 2. The summed E-state index contributed by atoms with van der Waals surface area (Å²) in [7, 11) is 1.95. The number of para-hydroxylation sites is 1. The summed E-state index contributed by atoms with van der Waals surface area (Å²) in [6.07, 6.45) is 4.35. The third kappa shape index (κ3) is 4.63. The minimum absolute atomic E-state index is 0.0528. The van der Waals surface area contributed by atoms with Gasteiger partial charge in [0.2, 0.25) is 11.8 Å². The number of rotatable bonds is 7. The van der Waals surface area contributed by atoms with Gasteiger partial charge in [-0.15, -0.1) is 5.10 Å². The average Bonchev–Trinajstić information content (AvgIpc) is 3.38. The van der Waals surface area contributed by atoms with Gasteiger partial charge in [0, 0.05) is 37.2 Å². The van der Waals surface area contributed by atoms with Crippen LogP contribution in [0.3, 0.4) is 0 Å². The van der Waals surface area contributed by atoms with Crippen molar-refractivity contribution in [1.29, 1.82) is 0 Å². The van der Waals surface area contributed by atoms with Gasteiger partial charge in [0.25, 0.3) is 0 Å². The molecule has 0 fully saturated rings. The number of aryl methyl sites for hydroxylation is 1. The van der Waals surface area contributed by atoms with Gasteiger partial charge in [-0.2, -0.15) is 0 Å². The van der Waals surface area contributed by atoms with Gasteiger partial charge >= 0.3 is 0 Å². The molecule has 0 aliphatic rings. The Labute approximate surface area is 180 Å². The number of carbonyl (C=O) groups is 2. The van der Waals surface area contributed by atoms with Gasteiger partial charge in [0.15, 0.2) is 0 Å². The minimum atomic E-state index is -0.107. The first-order valence-corrected chi connectivity index (χ1v) is 10.1. The number of nitrogens with one attached hydrogen (secondary N) is 1. The summed E-state index contributed by atoms with van der Waals surface area (Å²) >= 11 is 0. The van der Waals surface area contributed by atoms with E-state index in [4.69, 9.17) is 0 Å². The first-order chi connectivity index (χ1) is 15.0. The van der Waals surface area contributed by atoms with Crippen LogP contribution in [0, 0.1) is 0 Å². The Morgan fingerprint density at radius 3 is 2.55 bits per heavy atom. The number of hydrogen-bond acceptors (Lipinski definition) is 4. The molecule has 31 heavy (non-hydrogen) atoms. The van der Waals surface area contributed by atoms with Crippen LogP contribution in [0.2, 0.25) is 0 Å². The maximum Gasteiger partial charge on any atom is 0.249 e. The molecule has 0 spiro atoms. The van der Waals surface area contributed by atoms with Crippen molar-refractivity contribution < 1.29 is 9.59 Å². The minimum Gasteiger partial charge on any atom is -0.357 e. The predicted octanol–water partition coefficient (Wildman–Crippen LogP) is 3.35. The van der Waals surface area contributed by atoms with Crippen molar-refractivity contribution in [2.45, 2.75) is 26.4 Å². The number of aromatic nitrogens is 4. The van der Waals surface area contributed by atoms with E-state index < -0.39 is 0 Å². The number of hydrogen-bond donors (Lipinski definition) is 1. The molecule has 2 aromatic carbocycles. The van der Waals surface area contributed by atoms with Crippen LogP contribution in [0.15, 0.2) is 67.0 Å². The van der Waals surface area contributed by atoms with Crippen LogP contribution in [0.1, 0.15) is 18.9 Å². The lowest BCUT2D eigenvalue weighted by molar-refractivity contribution is -0.119. The lowest BCUT2D eigenvalue weighted by atomic mass is 10.2. The zero-order valence-electron chi connectivity index (χ0n) is 17.5. The molecule has 2 amide bonds. The molecule has 1 N–H and O–H groups in total. The Kier molecular flexibility index (Phi) is 5.79. The summed E-state index contributed by atoms with van der Waals surface area (Å²) in [4.78, 5) is 26.7. The van der Waals surface area contributed by atoms with Gasteiger partial charge < -0.3 is 14.8 Å². The summed E-state index contributed by atoms with van der Waals surface area (Å²) < 4.78 is 3.57. The van der Waals surface area contributed by atoms with E-state index >= 15 is 0 Å². The third-order valence-corrected chi connectivity index (χ3v) is 5.02.